The number of amides is 1. The summed E-state index contributed by atoms with van der Waals surface area (Å²) in [5, 5.41) is 3.14. The fourth-order valence-corrected chi connectivity index (χ4v) is 2.09. The number of primary amides is 1. The minimum atomic E-state index is -0.599. The van der Waals surface area contributed by atoms with Gasteiger partial charge in [-0.2, -0.15) is 0 Å². The molecule has 0 radical (unpaired) electrons. The lowest BCUT2D eigenvalue weighted by Gasteiger charge is -1.91. The van der Waals surface area contributed by atoms with E-state index in [1.807, 2.05) is 29.6 Å². The van der Waals surface area contributed by atoms with Crippen LogP contribution >= 0.6 is 11.3 Å². The maximum Gasteiger partial charge on any atom is 0.293 e. The van der Waals surface area contributed by atoms with E-state index in [4.69, 9.17) is 5.73 Å². The largest absolute Gasteiger partial charge is 0.359 e. The topological polar surface area (TPSA) is 43.1 Å². The predicted molar refractivity (Wildman–Crippen MR) is 57.9 cm³/mol. The van der Waals surface area contributed by atoms with Gasteiger partial charge in [-0.1, -0.05) is 18.1 Å². The Bertz CT molecular complexity index is 545. The van der Waals surface area contributed by atoms with Gasteiger partial charge < -0.3 is 5.73 Å². The summed E-state index contributed by atoms with van der Waals surface area (Å²) < 4.78 is 1.10. The molecule has 1 amide bonds. The van der Waals surface area contributed by atoms with Gasteiger partial charge in [-0.15, -0.1) is 11.3 Å². The smallest absolute Gasteiger partial charge is 0.293 e. The minimum absolute atomic E-state index is 0.599. The lowest BCUT2D eigenvalue weighted by molar-refractivity contribution is -0.112. The number of rotatable bonds is 0. The van der Waals surface area contributed by atoms with E-state index in [0.29, 0.717) is 0 Å². The van der Waals surface area contributed by atoms with E-state index in [2.05, 4.69) is 11.8 Å². The molecular weight excluding hydrogens is 194 g/mol. The molecule has 0 atom stereocenters. The van der Waals surface area contributed by atoms with Crippen LogP contribution in [0, 0.1) is 11.8 Å². The van der Waals surface area contributed by atoms with Crippen LogP contribution in [0.15, 0.2) is 29.6 Å². The molecule has 3 heteroatoms. The van der Waals surface area contributed by atoms with Crippen LogP contribution in [0.4, 0.5) is 0 Å². The quantitative estimate of drug-likeness (QED) is 0.648. The Hall–Kier alpha value is -1.79. The van der Waals surface area contributed by atoms with E-state index in [1.165, 1.54) is 0 Å². The second kappa shape index (κ2) is 3.52. The molecule has 0 saturated carbocycles. The van der Waals surface area contributed by atoms with E-state index in [9.17, 15) is 4.79 Å². The summed E-state index contributed by atoms with van der Waals surface area (Å²) in [6, 6.07) is 7.84. The van der Waals surface area contributed by atoms with Gasteiger partial charge in [-0.05, 0) is 22.9 Å². The third-order valence-corrected chi connectivity index (χ3v) is 2.76. The van der Waals surface area contributed by atoms with Crippen molar-refractivity contribution >= 4 is 27.3 Å². The lowest BCUT2D eigenvalue weighted by Crippen LogP contribution is -2.06. The van der Waals surface area contributed by atoms with Crippen LogP contribution in [0.2, 0.25) is 0 Å². The zero-order valence-corrected chi connectivity index (χ0v) is 8.10. The number of carbonyl (C=O) groups is 1. The summed E-state index contributed by atoms with van der Waals surface area (Å²) in [6.45, 7) is 0. The monoisotopic (exact) mass is 201 g/mol. The predicted octanol–water partition coefficient (Wildman–Crippen LogP) is 1.74. The van der Waals surface area contributed by atoms with Crippen molar-refractivity contribution in [2.45, 2.75) is 0 Å². The van der Waals surface area contributed by atoms with Crippen LogP contribution in [0.25, 0.3) is 10.1 Å². The molecule has 0 aliphatic carbocycles. The Morgan fingerprint density at radius 1 is 1.36 bits per heavy atom. The highest BCUT2D eigenvalue weighted by molar-refractivity contribution is 7.17. The average Bonchev–Trinajstić information content (AvgIpc) is 2.62. The van der Waals surface area contributed by atoms with Gasteiger partial charge in [0.2, 0.25) is 0 Å². The van der Waals surface area contributed by atoms with E-state index in [1.54, 1.807) is 11.3 Å². The van der Waals surface area contributed by atoms with Crippen molar-refractivity contribution < 1.29 is 4.79 Å². The van der Waals surface area contributed by atoms with Gasteiger partial charge in [-0.25, -0.2) is 0 Å². The summed E-state index contributed by atoms with van der Waals surface area (Å²) >= 11 is 1.61. The molecule has 0 aliphatic heterocycles. The van der Waals surface area contributed by atoms with Crippen molar-refractivity contribution in [3.05, 3.63) is 35.2 Å². The first-order chi connectivity index (χ1) is 6.77. The van der Waals surface area contributed by atoms with Crippen LogP contribution in [0.1, 0.15) is 5.56 Å². The Balaban J connectivity index is 2.58. The fourth-order valence-electron chi connectivity index (χ4n) is 1.22. The summed E-state index contributed by atoms with van der Waals surface area (Å²) in [5.74, 6) is 4.50. The summed E-state index contributed by atoms with van der Waals surface area (Å²) in [5.41, 5.74) is 5.81. The number of fused-ring (bicyclic) bond motifs is 1. The summed E-state index contributed by atoms with van der Waals surface area (Å²) in [4.78, 5) is 10.5. The zero-order chi connectivity index (χ0) is 9.97. The van der Waals surface area contributed by atoms with Crippen molar-refractivity contribution in [1.82, 2.24) is 0 Å². The summed E-state index contributed by atoms with van der Waals surface area (Å²) in [6.07, 6.45) is 0. The van der Waals surface area contributed by atoms with Gasteiger partial charge in [0.05, 0.1) is 0 Å². The molecule has 1 aromatic carbocycles. The maximum atomic E-state index is 10.5. The standard InChI is InChI=1S/C11H7NOS/c12-10(13)5-4-8-2-1-3-9-6-7-14-11(8)9/h1-3,6-7H,(H2,12,13). The molecule has 68 valence electrons. The number of thiophene rings is 1. The number of benzene rings is 1. The molecule has 2 N–H and O–H groups in total. The van der Waals surface area contributed by atoms with Crippen LogP contribution in [0.5, 0.6) is 0 Å². The van der Waals surface area contributed by atoms with E-state index >= 15 is 0 Å². The number of hydrogen-bond acceptors (Lipinski definition) is 2. The van der Waals surface area contributed by atoms with Crippen LogP contribution in [0.3, 0.4) is 0 Å². The molecule has 1 heterocycles. The molecule has 2 aromatic rings. The highest BCUT2D eigenvalue weighted by Gasteiger charge is 1.98. The first-order valence-corrected chi connectivity index (χ1v) is 4.93. The van der Waals surface area contributed by atoms with Gasteiger partial charge in [0.25, 0.3) is 5.91 Å². The van der Waals surface area contributed by atoms with Gasteiger partial charge in [0, 0.05) is 16.2 Å². The molecule has 0 saturated heterocycles. The summed E-state index contributed by atoms with van der Waals surface area (Å²) in [7, 11) is 0. The molecule has 2 nitrogen and oxygen atoms in total. The number of hydrogen-bond donors (Lipinski definition) is 1. The highest BCUT2D eigenvalue weighted by Crippen LogP contribution is 2.23. The number of carbonyl (C=O) groups excluding carboxylic acids is 1. The Kier molecular flexibility index (Phi) is 2.21. The Morgan fingerprint density at radius 2 is 2.21 bits per heavy atom. The van der Waals surface area contributed by atoms with E-state index in [0.717, 1.165) is 15.6 Å². The minimum Gasteiger partial charge on any atom is -0.359 e. The molecule has 0 spiro atoms. The highest BCUT2D eigenvalue weighted by atomic mass is 32.1. The van der Waals surface area contributed by atoms with Gasteiger partial charge in [0.15, 0.2) is 0 Å². The average molecular weight is 201 g/mol. The van der Waals surface area contributed by atoms with Crippen LogP contribution < -0.4 is 5.73 Å². The second-order valence-electron chi connectivity index (χ2n) is 2.76. The molecule has 0 unspecified atom stereocenters. The fraction of sp³-hybridized carbons (Fsp3) is 0. The van der Waals surface area contributed by atoms with Gasteiger partial charge in [0.1, 0.15) is 0 Å². The zero-order valence-electron chi connectivity index (χ0n) is 7.28. The molecule has 2 rings (SSSR count). The maximum absolute atomic E-state index is 10.5. The van der Waals surface area contributed by atoms with Gasteiger partial charge in [-0.3, -0.25) is 4.79 Å². The van der Waals surface area contributed by atoms with Gasteiger partial charge >= 0.3 is 0 Å². The van der Waals surface area contributed by atoms with E-state index in [-0.39, 0.29) is 0 Å². The molecular formula is C11H7NOS. The Morgan fingerprint density at radius 3 is 3.00 bits per heavy atom. The molecule has 0 bridgehead atoms. The third kappa shape index (κ3) is 1.61. The molecule has 0 aliphatic rings. The second-order valence-corrected chi connectivity index (χ2v) is 3.67. The third-order valence-electron chi connectivity index (χ3n) is 1.80. The van der Waals surface area contributed by atoms with E-state index < -0.39 is 5.91 Å². The SMILES string of the molecule is NC(=O)C#Cc1cccc2ccsc12. The van der Waals surface area contributed by atoms with Crippen molar-refractivity contribution in [3.63, 3.8) is 0 Å². The number of nitrogens with two attached hydrogens (primary N) is 1. The Labute approximate surface area is 85.3 Å². The first kappa shape index (κ1) is 8.79. The van der Waals surface area contributed by atoms with Crippen LogP contribution in [-0.4, -0.2) is 5.91 Å². The molecule has 0 fully saturated rings. The van der Waals surface area contributed by atoms with Crippen molar-refractivity contribution in [3.8, 4) is 11.8 Å². The molecule has 14 heavy (non-hydrogen) atoms. The van der Waals surface area contributed by atoms with Crippen molar-refractivity contribution in [2.75, 3.05) is 0 Å². The lowest BCUT2D eigenvalue weighted by atomic mass is 10.2. The molecule has 1 aromatic heterocycles. The first-order valence-electron chi connectivity index (χ1n) is 4.05. The normalized spacial score (nSPS) is 9.43. The van der Waals surface area contributed by atoms with Crippen molar-refractivity contribution in [2.24, 2.45) is 5.73 Å². The van der Waals surface area contributed by atoms with Crippen molar-refractivity contribution in [1.29, 1.82) is 0 Å². The van der Waals surface area contributed by atoms with Crippen LogP contribution in [-0.2, 0) is 4.79 Å².